The van der Waals surface area contributed by atoms with Crippen LogP contribution in [0.2, 0.25) is 0 Å². The summed E-state index contributed by atoms with van der Waals surface area (Å²) in [7, 11) is -3.24. The summed E-state index contributed by atoms with van der Waals surface area (Å²) in [5, 5.41) is 8.57. The van der Waals surface area contributed by atoms with E-state index in [-0.39, 0.29) is 0 Å². The fraction of sp³-hybridized carbons (Fsp3) is 0.364. The van der Waals surface area contributed by atoms with Gasteiger partial charge in [0.25, 0.3) is 0 Å². The van der Waals surface area contributed by atoms with E-state index in [4.69, 9.17) is 9.84 Å². The van der Waals surface area contributed by atoms with Gasteiger partial charge in [-0.2, -0.15) is 0 Å². The predicted molar refractivity (Wildman–Crippen MR) is 64.6 cm³/mol. The van der Waals surface area contributed by atoms with Crippen LogP contribution in [0.5, 0.6) is 0 Å². The van der Waals surface area contributed by atoms with E-state index >= 15 is 0 Å². The van der Waals surface area contributed by atoms with Crippen LogP contribution < -0.4 is 4.72 Å². The molecular formula is C11H13F2NO5S. The summed E-state index contributed by atoms with van der Waals surface area (Å²) >= 11 is 0. The molecule has 1 aromatic rings. The summed E-state index contributed by atoms with van der Waals surface area (Å²) in [5.41, 5.74) is 0. The number of aliphatic carboxylic acids is 1. The molecule has 0 fully saturated rings. The predicted octanol–water partition coefficient (Wildman–Crippen LogP) is 0.733. The van der Waals surface area contributed by atoms with Crippen LogP contribution >= 0.6 is 0 Å². The number of rotatable bonds is 7. The first-order chi connectivity index (χ1) is 9.27. The number of sulfonamides is 1. The molecule has 0 bridgehead atoms. The summed E-state index contributed by atoms with van der Waals surface area (Å²) in [6.45, 7) is -0.418. The highest BCUT2D eigenvalue weighted by atomic mass is 32.2. The van der Waals surface area contributed by atoms with Crippen molar-refractivity contribution < 1.29 is 31.8 Å². The Kier molecular flexibility index (Phi) is 5.54. The maximum atomic E-state index is 13.4. The minimum atomic E-state index is -4.44. The van der Waals surface area contributed by atoms with Crippen LogP contribution in [0.1, 0.15) is 6.42 Å². The van der Waals surface area contributed by atoms with Crippen molar-refractivity contribution in [2.75, 3.05) is 13.7 Å². The fourth-order valence-corrected chi connectivity index (χ4v) is 2.65. The van der Waals surface area contributed by atoms with Gasteiger partial charge in [-0.05, 0) is 12.1 Å². The third-order valence-corrected chi connectivity index (χ3v) is 3.90. The van der Waals surface area contributed by atoms with Crippen LogP contribution in [0.3, 0.4) is 0 Å². The van der Waals surface area contributed by atoms with Crippen molar-refractivity contribution in [2.24, 2.45) is 0 Å². The lowest BCUT2D eigenvalue weighted by atomic mass is 10.2. The van der Waals surface area contributed by atoms with Gasteiger partial charge in [-0.3, -0.25) is 4.79 Å². The summed E-state index contributed by atoms with van der Waals surface area (Å²) in [4.78, 5) is 9.39. The van der Waals surface area contributed by atoms with E-state index in [0.717, 1.165) is 18.2 Å². The molecule has 112 valence electrons. The molecule has 1 rings (SSSR count). The molecule has 6 nitrogen and oxygen atoms in total. The van der Waals surface area contributed by atoms with Crippen LogP contribution in [0.4, 0.5) is 8.78 Å². The molecular weight excluding hydrogens is 296 g/mol. The van der Waals surface area contributed by atoms with E-state index in [0.29, 0.717) is 0 Å². The van der Waals surface area contributed by atoms with Gasteiger partial charge in [0.1, 0.15) is 11.6 Å². The number of halogens is 2. The average molecular weight is 309 g/mol. The lowest BCUT2D eigenvalue weighted by Crippen LogP contribution is -2.35. The zero-order valence-corrected chi connectivity index (χ0v) is 11.3. The molecule has 1 unspecified atom stereocenters. The zero-order valence-electron chi connectivity index (χ0n) is 10.5. The van der Waals surface area contributed by atoms with E-state index in [1.165, 1.54) is 7.11 Å². The second-order valence-electron chi connectivity index (χ2n) is 3.86. The van der Waals surface area contributed by atoms with Crippen LogP contribution in [-0.4, -0.2) is 39.3 Å². The molecule has 0 aromatic heterocycles. The van der Waals surface area contributed by atoms with Gasteiger partial charge in [-0.15, -0.1) is 0 Å². The Morgan fingerprint density at radius 3 is 2.40 bits per heavy atom. The van der Waals surface area contributed by atoms with Gasteiger partial charge in [0, 0.05) is 13.7 Å². The van der Waals surface area contributed by atoms with E-state index < -0.39 is 51.6 Å². The lowest BCUT2D eigenvalue weighted by molar-refractivity contribution is -0.139. The van der Waals surface area contributed by atoms with E-state index in [1.807, 2.05) is 4.72 Å². The Bertz CT molecular complexity index is 570. The van der Waals surface area contributed by atoms with Gasteiger partial charge in [-0.25, -0.2) is 21.9 Å². The average Bonchev–Trinajstić information content (AvgIpc) is 2.33. The second-order valence-corrected chi connectivity index (χ2v) is 5.56. The first-order valence-electron chi connectivity index (χ1n) is 5.46. The molecule has 0 radical (unpaired) electrons. The number of hydrogen-bond acceptors (Lipinski definition) is 4. The van der Waals surface area contributed by atoms with Gasteiger partial charge in [0.05, 0.1) is 12.5 Å². The number of methoxy groups -OCH3 is 1. The summed E-state index contributed by atoms with van der Waals surface area (Å²) < 4.78 is 57.0. The Morgan fingerprint density at radius 1 is 1.40 bits per heavy atom. The number of ether oxygens (including phenoxy) is 1. The van der Waals surface area contributed by atoms with Crippen LogP contribution in [0, 0.1) is 11.6 Å². The second kappa shape index (κ2) is 6.73. The Morgan fingerprint density at radius 2 is 1.95 bits per heavy atom. The molecule has 0 aliphatic rings. The quantitative estimate of drug-likeness (QED) is 0.774. The Labute approximate surface area is 114 Å². The van der Waals surface area contributed by atoms with Crippen LogP contribution in [0.15, 0.2) is 23.1 Å². The molecule has 0 saturated heterocycles. The van der Waals surface area contributed by atoms with Gasteiger partial charge >= 0.3 is 5.97 Å². The highest BCUT2D eigenvalue weighted by Crippen LogP contribution is 2.18. The van der Waals surface area contributed by atoms with Gasteiger partial charge < -0.3 is 9.84 Å². The van der Waals surface area contributed by atoms with Crippen molar-refractivity contribution in [3.63, 3.8) is 0 Å². The smallest absolute Gasteiger partial charge is 0.306 e. The van der Waals surface area contributed by atoms with Crippen molar-refractivity contribution in [2.45, 2.75) is 17.4 Å². The van der Waals surface area contributed by atoms with Crippen molar-refractivity contribution >= 4 is 16.0 Å². The van der Waals surface area contributed by atoms with E-state index in [1.54, 1.807) is 0 Å². The number of carboxylic acids is 1. The number of hydrogen-bond donors (Lipinski definition) is 2. The Hall–Kier alpha value is -1.58. The Balaban J connectivity index is 2.88. The minimum Gasteiger partial charge on any atom is -0.481 e. The number of carboxylic acid groups (broad SMARTS) is 1. The van der Waals surface area contributed by atoms with Gasteiger partial charge in [0.15, 0.2) is 4.90 Å². The van der Waals surface area contributed by atoms with E-state index in [2.05, 4.69) is 0 Å². The summed E-state index contributed by atoms with van der Waals surface area (Å²) in [6.07, 6.45) is -1.39. The molecule has 20 heavy (non-hydrogen) atoms. The van der Waals surface area contributed by atoms with Gasteiger partial charge in [0.2, 0.25) is 10.0 Å². The lowest BCUT2D eigenvalue weighted by Gasteiger charge is -2.14. The van der Waals surface area contributed by atoms with Crippen molar-refractivity contribution in [3.05, 3.63) is 29.8 Å². The van der Waals surface area contributed by atoms with Crippen LogP contribution in [-0.2, 0) is 19.6 Å². The molecule has 0 spiro atoms. The fourth-order valence-electron chi connectivity index (χ4n) is 1.45. The van der Waals surface area contributed by atoms with Crippen molar-refractivity contribution in [1.29, 1.82) is 0 Å². The van der Waals surface area contributed by atoms with Gasteiger partial charge in [-0.1, -0.05) is 6.07 Å². The minimum absolute atomic E-state index is 0.418. The molecule has 9 heteroatoms. The molecule has 0 heterocycles. The largest absolute Gasteiger partial charge is 0.481 e. The van der Waals surface area contributed by atoms with E-state index in [9.17, 15) is 22.0 Å². The number of nitrogens with one attached hydrogen (secondary N) is 1. The molecule has 2 N–H and O–H groups in total. The third-order valence-electron chi connectivity index (χ3n) is 2.42. The highest BCUT2D eigenvalue weighted by molar-refractivity contribution is 7.89. The maximum Gasteiger partial charge on any atom is 0.306 e. The standard InChI is InChI=1S/C11H13F2NO5S/c1-19-7(5-10(15)16)6-14-20(17,18)11-8(12)3-2-4-9(11)13/h2-4,7,14H,5-6H2,1H3,(H,15,16). The zero-order chi connectivity index (χ0) is 15.3. The molecule has 0 aliphatic carbocycles. The number of carbonyl (C=O) groups is 1. The maximum absolute atomic E-state index is 13.4. The monoisotopic (exact) mass is 309 g/mol. The molecule has 0 saturated carbocycles. The topological polar surface area (TPSA) is 92.7 Å². The molecule has 0 amide bonds. The molecule has 0 aliphatic heterocycles. The van der Waals surface area contributed by atoms with Crippen LogP contribution in [0.25, 0.3) is 0 Å². The van der Waals surface area contributed by atoms with Crippen molar-refractivity contribution in [1.82, 2.24) is 4.72 Å². The summed E-state index contributed by atoms with van der Waals surface area (Å²) in [6, 6.07) is 2.65. The molecule has 1 aromatic carbocycles. The third kappa shape index (κ3) is 4.22. The highest BCUT2D eigenvalue weighted by Gasteiger charge is 2.25. The first-order valence-corrected chi connectivity index (χ1v) is 6.94. The summed E-state index contributed by atoms with van der Waals surface area (Å²) in [5.74, 6) is -3.65. The first kappa shape index (κ1) is 16.5. The SMILES string of the molecule is COC(CNS(=O)(=O)c1c(F)cccc1F)CC(=O)O. The van der Waals surface area contributed by atoms with Crippen molar-refractivity contribution in [3.8, 4) is 0 Å². The normalized spacial score (nSPS) is 13.2. The molecule has 1 atom stereocenters. The number of benzene rings is 1.